The number of nitrogens with one attached hydrogen (secondary N) is 1. The molecule has 1 amide bonds. The van der Waals surface area contributed by atoms with Gasteiger partial charge in [-0.15, -0.1) is 17.9 Å². The normalized spacial score (nSPS) is 11.2. The van der Waals surface area contributed by atoms with Crippen molar-refractivity contribution in [1.82, 2.24) is 9.55 Å². The fourth-order valence-corrected chi connectivity index (χ4v) is 4.45. The van der Waals surface area contributed by atoms with Gasteiger partial charge in [0.25, 0.3) is 5.91 Å². The third kappa shape index (κ3) is 3.68. The second kappa shape index (κ2) is 8.28. The molecule has 30 heavy (non-hydrogen) atoms. The van der Waals surface area contributed by atoms with Crippen molar-refractivity contribution in [3.8, 4) is 11.3 Å². The van der Waals surface area contributed by atoms with Crippen molar-refractivity contribution in [2.45, 2.75) is 33.2 Å². The van der Waals surface area contributed by atoms with Crippen LogP contribution < -0.4 is 5.32 Å². The van der Waals surface area contributed by atoms with Gasteiger partial charge in [-0.3, -0.25) is 10.1 Å². The van der Waals surface area contributed by atoms with Crippen molar-refractivity contribution in [2.24, 2.45) is 0 Å². The minimum atomic E-state index is -0.148. The molecule has 0 bridgehead atoms. The van der Waals surface area contributed by atoms with Gasteiger partial charge in [-0.25, -0.2) is 4.98 Å². The van der Waals surface area contributed by atoms with E-state index in [0.29, 0.717) is 23.3 Å². The molecule has 0 fully saturated rings. The van der Waals surface area contributed by atoms with E-state index in [0.717, 1.165) is 27.7 Å². The summed E-state index contributed by atoms with van der Waals surface area (Å²) >= 11 is 1.43. The lowest BCUT2D eigenvalue weighted by Gasteiger charge is -2.09. The molecule has 4 aromatic rings. The Labute approximate surface area is 180 Å². The molecular weight excluding hydrogens is 390 g/mol. The topological polar surface area (TPSA) is 46.9 Å². The largest absolute Gasteiger partial charge is 0.332 e. The minimum Gasteiger partial charge on any atom is -0.332 e. The molecule has 0 saturated heterocycles. The van der Waals surface area contributed by atoms with E-state index in [4.69, 9.17) is 0 Å². The van der Waals surface area contributed by atoms with Crippen molar-refractivity contribution < 1.29 is 4.79 Å². The number of fused-ring (bicyclic) bond motifs is 1. The van der Waals surface area contributed by atoms with Crippen LogP contribution >= 0.6 is 11.3 Å². The van der Waals surface area contributed by atoms with Crippen molar-refractivity contribution >= 4 is 33.3 Å². The summed E-state index contributed by atoms with van der Waals surface area (Å²) in [6.07, 6.45) is 1.82. The number of carbonyl (C=O) groups excluding carboxylic acids is 1. The zero-order valence-electron chi connectivity index (χ0n) is 17.5. The molecule has 0 unspecified atom stereocenters. The number of rotatable bonds is 6. The molecule has 4 nitrogen and oxygen atoms in total. The lowest BCUT2D eigenvalue weighted by molar-refractivity contribution is 0.101. The first-order chi connectivity index (χ1) is 14.5. The van der Waals surface area contributed by atoms with Gasteiger partial charge in [0.15, 0.2) is 5.13 Å². The molecule has 0 saturated carbocycles. The highest BCUT2D eigenvalue weighted by Crippen LogP contribution is 2.31. The highest BCUT2D eigenvalue weighted by atomic mass is 32.1. The van der Waals surface area contributed by atoms with Crippen molar-refractivity contribution in [2.75, 3.05) is 5.32 Å². The van der Waals surface area contributed by atoms with Gasteiger partial charge in [-0.05, 0) is 36.1 Å². The van der Waals surface area contributed by atoms with Gasteiger partial charge >= 0.3 is 0 Å². The average molecular weight is 416 g/mol. The molecule has 0 aliphatic heterocycles. The number of amides is 1. The Morgan fingerprint density at radius 1 is 1.23 bits per heavy atom. The van der Waals surface area contributed by atoms with E-state index in [1.165, 1.54) is 16.9 Å². The quantitative estimate of drug-likeness (QED) is 0.359. The first-order valence-corrected chi connectivity index (χ1v) is 10.9. The maximum Gasteiger partial charge on any atom is 0.274 e. The third-order valence-corrected chi connectivity index (χ3v) is 6.09. The number of hydrogen-bond acceptors (Lipinski definition) is 3. The van der Waals surface area contributed by atoms with Gasteiger partial charge in [0, 0.05) is 28.4 Å². The van der Waals surface area contributed by atoms with Crippen LogP contribution in [0, 0.1) is 6.92 Å². The molecule has 0 aliphatic carbocycles. The Balaban J connectivity index is 1.70. The monoisotopic (exact) mass is 415 g/mol. The number of thiazole rings is 1. The van der Waals surface area contributed by atoms with E-state index in [1.54, 1.807) is 0 Å². The van der Waals surface area contributed by atoms with Crippen molar-refractivity contribution in [3.63, 3.8) is 0 Å². The minimum absolute atomic E-state index is 0.148. The summed E-state index contributed by atoms with van der Waals surface area (Å²) in [6, 6.07) is 16.4. The molecule has 2 aromatic carbocycles. The molecule has 0 radical (unpaired) electrons. The van der Waals surface area contributed by atoms with Gasteiger partial charge in [-0.2, -0.15) is 0 Å². The number of anilines is 1. The fraction of sp³-hybridized carbons (Fsp3) is 0.200. The first-order valence-electron chi connectivity index (χ1n) is 10.1. The molecule has 0 aliphatic rings. The summed E-state index contributed by atoms with van der Waals surface area (Å²) in [5.41, 5.74) is 5.84. The maximum absolute atomic E-state index is 13.3. The number of hydrogen-bond donors (Lipinski definition) is 1. The second-order valence-electron chi connectivity index (χ2n) is 7.66. The molecular formula is C25H25N3OS. The van der Waals surface area contributed by atoms with Crippen molar-refractivity contribution in [1.29, 1.82) is 0 Å². The zero-order valence-corrected chi connectivity index (χ0v) is 18.3. The molecule has 2 aromatic heterocycles. The van der Waals surface area contributed by atoms with Gasteiger partial charge in [0.1, 0.15) is 5.69 Å². The smallest absolute Gasteiger partial charge is 0.274 e. The standard InChI is InChI=1S/C25H25N3OS/c1-5-13-28-22-12-11-19(16(2)3)14-20(22)17(4)23(28)24(29)27-25-26-21(15-30-25)18-9-7-6-8-10-18/h5-12,14-16H,1,13H2,2-4H3,(H,26,27,29). The number of nitrogens with zero attached hydrogens (tertiary/aromatic N) is 2. The highest BCUT2D eigenvalue weighted by Gasteiger charge is 2.21. The predicted molar refractivity (Wildman–Crippen MR) is 126 cm³/mol. The van der Waals surface area contributed by atoms with Gasteiger partial charge in [0.05, 0.1) is 5.69 Å². The molecule has 2 heterocycles. The van der Waals surface area contributed by atoms with E-state index in [9.17, 15) is 4.79 Å². The molecule has 4 rings (SSSR count). The van der Waals surface area contributed by atoms with Crippen LogP contribution in [0.2, 0.25) is 0 Å². The lowest BCUT2D eigenvalue weighted by atomic mass is 10.0. The third-order valence-electron chi connectivity index (χ3n) is 5.33. The van der Waals surface area contributed by atoms with Crippen LogP contribution in [-0.2, 0) is 6.54 Å². The molecule has 0 atom stereocenters. The number of allylic oxidation sites excluding steroid dienone is 1. The first kappa shape index (κ1) is 20.1. The van der Waals surface area contributed by atoms with Crippen LogP contribution in [0.25, 0.3) is 22.2 Å². The molecule has 152 valence electrons. The fourth-order valence-electron chi connectivity index (χ4n) is 3.74. The summed E-state index contributed by atoms with van der Waals surface area (Å²) in [5, 5.41) is 6.67. The van der Waals surface area contributed by atoms with E-state index in [2.05, 4.69) is 48.9 Å². The molecule has 5 heteroatoms. The van der Waals surface area contributed by atoms with Crippen LogP contribution in [0.15, 0.2) is 66.6 Å². The van der Waals surface area contributed by atoms with E-state index in [1.807, 2.05) is 53.3 Å². The van der Waals surface area contributed by atoms with E-state index < -0.39 is 0 Å². The Morgan fingerprint density at radius 2 is 2.00 bits per heavy atom. The predicted octanol–water partition coefficient (Wildman–Crippen LogP) is 6.63. The van der Waals surface area contributed by atoms with Gasteiger partial charge in [0.2, 0.25) is 0 Å². The lowest BCUT2D eigenvalue weighted by Crippen LogP contribution is -2.18. The maximum atomic E-state index is 13.3. The summed E-state index contributed by atoms with van der Waals surface area (Å²) in [6.45, 7) is 10.8. The summed E-state index contributed by atoms with van der Waals surface area (Å²) in [5.74, 6) is 0.283. The Hall–Kier alpha value is -3.18. The van der Waals surface area contributed by atoms with Gasteiger partial charge < -0.3 is 4.57 Å². The van der Waals surface area contributed by atoms with Crippen LogP contribution in [0.3, 0.4) is 0 Å². The highest BCUT2D eigenvalue weighted by molar-refractivity contribution is 7.14. The van der Waals surface area contributed by atoms with Crippen LogP contribution in [0.5, 0.6) is 0 Å². The number of aromatic nitrogens is 2. The number of benzene rings is 2. The van der Waals surface area contributed by atoms with Crippen LogP contribution in [0.1, 0.15) is 41.4 Å². The average Bonchev–Trinajstić information content (AvgIpc) is 3.32. The number of carbonyl (C=O) groups is 1. The molecule has 1 N–H and O–H groups in total. The molecule has 0 spiro atoms. The summed E-state index contributed by atoms with van der Waals surface area (Å²) in [7, 11) is 0. The number of aryl methyl sites for hydroxylation is 1. The summed E-state index contributed by atoms with van der Waals surface area (Å²) < 4.78 is 2.03. The Morgan fingerprint density at radius 3 is 2.70 bits per heavy atom. The second-order valence-corrected chi connectivity index (χ2v) is 8.52. The summed E-state index contributed by atoms with van der Waals surface area (Å²) in [4.78, 5) is 17.9. The van der Waals surface area contributed by atoms with Gasteiger partial charge in [-0.1, -0.05) is 56.3 Å². The van der Waals surface area contributed by atoms with E-state index >= 15 is 0 Å². The van der Waals surface area contributed by atoms with E-state index in [-0.39, 0.29) is 5.91 Å². The Bertz CT molecular complexity index is 1220. The van der Waals surface area contributed by atoms with Crippen molar-refractivity contribution in [3.05, 3.63) is 83.4 Å². The zero-order chi connectivity index (χ0) is 21.3. The van der Waals surface area contributed by atoms with Crippen LogP contribution in [-0.4, -0.2) is 15.5 Å². The SMILES string of the molecule is C=CCn1c(C(=O)Nc2nc(-c3ccccc3)cs2)c(C)c2cc(C(C)C)ccc21. The van der Waals surface area contributed by atoms with Crippen LogP contribution in [0.4, 0.5) is 5.13 Å². The Kier molecular flexibility index (Phi) is 5.55.